The van der Waals surface area contributed by atoms with Gasteiger partial charge in [-0.15, -0.1) is 0 Å². The Kier molecular flexibility index (Phi) is 4.53. The quantitative estimate of drug-likeness (QED) is 0.677. The summed E-state index contributed by atoms with van der Waals surface area (Å²) in [4.78, 5) is 2.51. The number of benzene rings is 2. The van der Waals surface area contributed by atoms with Crippen LogP contribution in [-0.4, -0.2) is 41.8 Å². The molecule has 0 bridgehead atoms. The molecule has 1 aromatic heterocycles. The maximum atomic E-state index is 5.41. The molecule has 4 rings (SSSR count). The molecule has 1 aliphatic heterocycles. The predicted octanol–water partition coefficient (Wildman–Crippen LogP) is 3.97. The summed E-state index contributed by atoms with van der Waals surface area (Å²) in [6.07, 6.45) is 1.69. The van der Waals surface area contributed by atoms with Crippen molar-refractivity contribution >= 4 is 16.5 Å². The Balaban J connectivity index is 1.40. The van der Waals surface area contributed by atoms with Gasteiger partial charge in [-0.3, -0.25) is 9.91 Å². The molecule has 0 aliphatic carbocycles. The molecule has 1 aliphatic rings. The Morgan fingerprint density at radius 1 is 0.960 bits per heavy atom. The summed E-state index contributed by atoms with van der Waals surface area (Å²) < 4.78 is 5.41. The Bertz CT molecular complexity index is 856. The van der Waals surface area contributed by atoms with E-state index in [9.17, 15) is 0 Å². The molecule has 128 valence electrons. The van der Waals surface area contributed by atoms with E-state index in [2.05, 4.69) is 52.4 Å². The van der Waals surface area contributed by atoms with Gasteiger partial charge in [0.25, 0.3) is 0 Å². The van der Waals surface area contributed by atoms with Crippen molar-refractivity contribution in [3.05, 3.63) is 72.2 Å². The van der Waals surface area contributed by atoms with E-state index in [0.29, 0.717) is 0 Å². The zero-order chi connectivity index (χ0) is 17.1. The molecular weight excluding hydrogens is 310 g/mol. The van der Waals surface area contributed by atoms with E-state index in [-0.39, 0.29) is 0 Å². The Morgan fingerprint density at radius 2 is 1.76 bits per heavy atom. The molecule has 25 heavy (non-hydrogen) atoms. The minimum Gasteiger partial charge on any atom is -0.463 e. The Labute approximate surface area is 148 Å². The molecule has 0 atom stereocenters. The second-order valence-electron chi connectivity index (χ2n) is 6.53. The number of fused-ring (bicyclic) bond motifs is 1. The number of piperazine rings is 1. The van der Waals surface area contributed by atoms with E-state index in [4.69, 9.17) is 9.52 Å². The number of hydrogen-bond acceptors (Lipinski definition) is 4. The maximum absolute atomic E-state index is 5.41. The van der Waals surface area contributed by atoms with E-state index >= 15 is 0 Å². The van der Waals surface area contributed by atoms with Gasteiger partial charge in [0.05, 0.1) is 12.0 Å². The summed E-state index contributed by atoms with van der Waals surface area (Å²) >= 11 is 0. The SMILES string of the molecule is C/C(=N/N1CCN(Cc2cccc3ccccc23)CC1)c1ccco1. The highest BCUT2D eigenvalue weighted by molar-refractivity contribution is 5.95. The summed E-state index contributed by atoms with van der Waals surface area (Å²) in [6, 6.07) is 19.1. The zero-order valence-corrected chi connectivity index (χ0v) is 14.6. The molecule has 0 radical (unpaired) electrons. The van der Waals surface area contributed by atoms with Gasteiger partial charge in [0.15, 0.2) is 0 Å². The average Bonchev–Trinajstić information content (AvgIpc) is 3.19. The lowest BCUT2D eigenvalue weighted by molar-refractivity contribution is 0.131. The Hall–Kier alpha value is -2.59. The third kappa shape index (κ3) is 3.59. The van der Waals surface area contributed by atoms with Crippen molar-refractivity contribution in [1.29, 1.82) is 0 Å². The first-order valence-electron chi connectivity index (χ1n) is 8.82. The van der Waals surface area contributed by atoms with Crippen LogP contribution in [-0.2, 0) is 6.54 Å². The number of hydrogen-bond donors (Lipinski definition) is 0. The lowest BCUT2D eigenvalue weighted by Crippen LogP contribution is -2.43. The molecule has 0 saturated carbocycles. The maximum Gasteiger partial charge on any atom is 0.149 e. The molecule has 1 fully saturated rings. The van der Waals surface area contributed by atoms with Crippen molar-refractivity contribution in [2.45, 2.75) is 13.5 Å². The van der Waals surface area contributed by atoms with Gasteiger partial charge in [0.2, 0.25) is 0 Å². The third-order valence-corrected chi connectivity index (χ3v) is 4.79. The topological polar surface area (TPSA) is 32.0 Å². The van der Waals surface area contributed by atoms with Crippen LogP contribution in [0.3, 0.4) is 0 Å². The minimum atomic E-state index is 0.846. The highest BCUT2D eigenvalue weighted by Crippen LogP contribution is 2.20. The third-order valence-electron chi connectivity index (χ3n) is 4.79. The molecule has 3 aromatic rings. The van der Waals surface area contributed by atoms with E-state index in [1.165, 1.54) is 16.3 Å². The molecule has 2 aromatic carbocycles. The van der Waals surface area contributed by atoms with Crippen LogP contribution >= 0.6 is 0 Å². The number of furan rings is 1. The van der Waals surface area contributed by atoms with Gasteiger partial charge in [-0.2, -0.15) is 5.10 Å². The van der Waals surface area contributed by atoms with Gasteiger partial charge in [-0.25, -0.2) is 0 Å². The van der Waals surface area contributed by atoms with Crippen LogP contribution in [0.15, 0.2) is 70.4 Å². The largest absolute Gasteiger partial charge is 0.463 e. The first kappa shape index (κ1) is 15.9. The van der Waals surface area contributed by atoms with Crippen molar-refractivity contribution in [2.24, 2.45) is 5.10 Å². The van der Waals surface area contributed by atoms with Crippen molar-refractivity contribution in [2.75, 3.05) is 26.2 Å². The Morgan fingerprint density at radius 3 is 2.56 bits per heavy atom. The number of hydrazone groups is 1. The molecule has 0 N–H and O–H groups in total. The number of rotatable bonds is 4. The van der Waals surface area contributed by atoms with Gasteiger partial charge in [0, 0.05) is 32.7 Å². The standard InChI is InChI=1S/C21H23N3O/c1-17(21-10-5-15-25-21)22-24-13-11-23(12-14-24)16-19-8-4-7-18-6-2-3-9-20(18)19/h2-10,15H,11-14,16H2,1H3/b22-17-. The van der Waals surface area contributed by atoms with Crippen LogP contribution in [0.1, 0.15) is 18.2 Å². The van der Waals surface area contributed by atoms with Crippen molar-refractivity contribution in [3.63, 3.8) is 0 Å². The van der Waals surface area contributed by atoms with E-state index in [1.807, 2.05) is 19.1 Å². The summed E-state index contributed by atoms with van der Waals surface area (Å²) in [5.74, 6) is 0.846. The van der Waals surface area contributed by atoms with Crippen LogP contribution in [0.4, 0.5) is 0 Å². The zero-order valence-electron chi connectivity index (χ0n) is 14.6. The highest BCUT2D eigenvalue weighted by atomic mass is 16.3. The fourth-order valence-corrected chi connectivity index (χ4v) is 3.41. The summed E-state index contributed by atoms with van der Waals surface area (Å²) in [5.41, 5.74) is 2.34. The monoisotopic (exact) mass is 333 g/mol. The van der Waals surface area contributed by atoms with Crippen molar-refractivity contribution in [1.82, 2.24) is 9.91 Å². The molecule has 1 saturated heterocycles. The van der Waals surface area contributed by atoms with Gasteiger partial charge >= 0.3 is 0 Å². The summed E-state index contributed by atoms with van der Waals surface area (Å²) in [7, 11) is 0. The van der Waals surface area contributed by atoms with Crippen LogP contribution in [0.25, 0.3) is 10.8 Å². The lowest BCUT2D eigenvalue weighted by atomic mass is 10.0. The first-order valence-corrected chi connectivity index (χ1v) is 8.82. The van der Waals surface area contributed by atoms with Crippen molar-refractivity contribution < 1.29 is 4.42 Å². The second kappa shape index (κ2) is 7.11. The van der Waals surface area contributed by atoms with Gasteiger partial charge in [0.1, 0.15) is 5.76 Å². The highest BCUT2D eigenvalue weighted by Gasteiger charge is 2.17. The first-order chi connectivity index (χ1) is 12.3. The van der Waals surface area contributed by atoms with E-state index in [1.54, 1.807) is 6.26 Å². The normalized spacial score (nSPS) is 16.5. The summed E-state index contributed by atoms with van der Waals surface area (Å²) in [6.45, 7) is 6.94. The molecule has 0 spiro atoms. The molecular formula is C21H23N3O. The van der Waals surface area contributed by atoms with Crippen LogP contribution in [0.2, 0.25) is 0 Å². The van der Waals surface area contributed by atoms with E-state index in [0.717, 1.165) is 44.2 Å². The number of nitrogens with zero attached hydrogens (tertiary/aromatic N) is 3. The lowest BCUT2D eigenvalue weighted by Gasteiger charge is -2.33. The van der Waals surface area contributed by atoms with Crippen LogP contribution < -0.4 is 0 Å². The fraction of sp³-hybridized carbons (Fsp3) is 0.286. The molecule has 4 nitrogen and oxygen atoms in total. The van der Waals surface area contributed by atoms with Gasteiger partial charge in [-0.05, 0) is 35.4 Å². The second-order valence-corrected chi connectivity index (χ2v) is 6.53. The fourth-order valence-electron chi connectivity index (χ4n) is 3.41. The molecule has 0 unspecified atom stereocenters. The van der Waals surface area contributed by atoms with E-state index < -0.39 is 0 Å². The predicted molar refractivity (Wildman–Crippen MR) is 102 cm³/mol. The molecule has 2 heterocycles. The molecule has 4 heteroatoms. The minimum absolute atomic E-state index is 0.846. The van der Waals surface area contributed by atoms with Crippen LogP contribution in [0.5, 0.6) is 0 Å². The van der Waals surface area contributed by atoms with Crippen LogP contribution in [0, 0.1) is 0 Å². The smallest absolute Gasteiger partial charge is 0.149 e. The van der Waals surface area contributed by atoms with Gasteiger partial charge in [-0.1, -0.05) is 42.5 Å². The van der Waals surface area contributed by atoms with Crippen molar-refractivity contribution in [3.8, 4) is 0 Å². The average molecular weight is 333 g/mol. The molecule has 0 amide bonds. The summed E-state index contributed by atoms with van der Waals surface area (Å²) in [5, 5.41) is 9.53. The van der Waals surface area contributed by atoms with Gasteiger partial charge < -0.3 is 4.42 Å².